The van der Waals surface area contributed by atoms with Crippen molar-refractivity contribution in [2.75, 3.05) is 24.3 Å². The molecule has 23 heavy (non-hydrogen) atoms. The first-order valence-corrected chi connectivity index (χ1v) is 6.32. The first-order chi connectivity index (χ1) is 10.8. The summed E-state index contributed by atoms with van der Waals surface area (Å²) in [4.78, 5) is 1.65. The van der Waals surface area contributed by atoms with Gasteiger partial charge < -0.3 is 10.2 Å². The SMILES string of the molecule is CN(C)c1ccc(C(F)(F)F)cc1NC=C(C#N)c1nn[nH]n1. The average Bonchev–Trinajstić information content (AvgIpc) is 3.01. The van der Waals surface area contributed by atoms with Gasteiger partial charge in [-0.25, -0.2) is 0 Å². The number of nitrogens with one attached hydrogen (secondary N) is 2. The lowest BCUT2D eigenvalue weighted by atomic mass is 10.1. The number of aromatic nitrogens is 4. The van der Waals surface area contributed by atoms with Crippen LogP contribution in [0.1, 0.15) is 11.4 Å². The third kappa shape index (κ3) is 3.76. The van der Waals surface area contributed by atoms with Gasteiger partial charge in [-0.15, -0.1) is 10.2 Å². The van der Waals surface area contributed by atoms with Crippen LogP contribution in [0.25, 0.3) is 5.57 Å². The monoisotopic (exact) mass is 323 g/mol. The Bertz CT molecular complexity index is 742. The molecule has 0 amide bonds. The number of alkyl halides is 3. The van der Waals surface area contributed by atoms with Crippen molar-refractivity contribution in [3.8, 4) is 6.07 Å². The number of halogens is 3. The van der Waals surface area contributed by atoms with Crippen molar-refractivity contribution in [2.45, 2.75) is 6.18 Å². The second-order valence-electron chi connectivity index (χ2n) is 4.67. The highest BCUT2D eigenvalue weighted by molar-refractivity contribution is 5.77. The maximum Gasteiger partial charge on any atom is 0.416 e. The summed E-state index contributed by atoms with van der Waals surface area (Å²) in [6, 6.07) is 5.16. The molecule has 0 saturated carbocycles. The summed E-state index contributed by atoms with van der Waals surface area (Å²) in [6.45, 7) is 0. The molecule has 1 aromatic carbocycles. The van der Waals surface area contributed by atoms with Crippen LogP contribution in [-0.4, -0.2) is 34.7 Å². The normalized spacial score (nSPS) is 11.9. The molecule has 1 heterocycles. The van der Waals surface area contributed by atoms with Gasteiger partial charge in [0.25, 0.3) is 0 Å². The third-order valence-corrected chi connectivity index (χ3v) is 2.88. The quantitative estimate of drug-likeness (QED) is 0.838. The van der Waals surface area contributed by atoms with Crippen LogP contribution >= 0.6 is 0 Å². The molecule has 0 radical (unpaired) electrons. The van der Waals surface area contributed by atoms with Gasteiger partial charge in [0.05, 0.1) is 16.9 Å². The van der Waals surface area contributed by atoms with E-state index in [9.17, 15) is 13.2 Å². The molecule has 0 bridgehead atoms. The third-order valence-electron chi connectivity index (χ3n) is 2.88. The average molecular weight is 323 g/mol. The second-order valence-corrected chi connectivity index (χ2v) is 4.67. The molecule has 0 atom stereocenters. The van der Waals surface area contributed by atoms with E-state index in [4.69, 9.17) is 5.26 Å². The fourth-order valence-corrected chi connectivity index (χ4v) is 1.79. The molecule has 120 valence electrons. The van der Waals surface area contributed by atoms with Crippen LogP contribution in [-0.2, 0) is 6.18 Å². The predicted molar refractivity (Wildman–Crippen MR) is 77.2 cm³/mol. The van der Waals surface area contributed by atoms with Gasteiger partial charge in [0.1, 0.15) is 11.6 Å². The van der Waals surface area contributed by atoms with Crippen molar-refractivity contribution < 1.29 is 13.2 Å². The van der Waals surface area contributed by atoms with E-state index in [1.165, 1.54) is 12.3 Å². The zero-order valence-electron chi connectivity index (χ0n) is 12.2. The number of aromatic amines is 1. The zero-order valence-corrected chi connectivity index (χ0v) is 12.2. The van der Waals surface area contributed by atoms with E-state index in [-0.39, 0.29) is 17.1 Å². The molecular weight excluding hydrogens is 311 g/mol. The minimum absolute atomic E-state index is 0.0286. The van der Waals surface area contributed by atoms with Gasteiger partial charge in [-0.1, -0.05) is 0 Å². The molecule has 1 aromatic heterocycles. The van der Waals surface area contributed by atoms with Gasteiger partial charge in [-0.3, -0.25) is 0 Å². The zero-order chi connectivity index (χ0) is 17.0. The topological polar surface area (TPSA) is 93.5 Å². The molecular formula is C13H12F3N7. The first-order valence-electron chi connectivity index (χ1n) is 6.32. The molecule has 0 aliphatic carbocycles. The molecule has 0 aliphatic heterocycles. The molecule has 0 unspecified atom stereocenters. The van der Waals surface area contributed by atoms with E-state index in [1.54, 1.807) is 19.0 Å². The Hall–Kier alpha value is -3.09. The van der Waals surface area contributed by atoms with Gasteiger partial charge in [-0.2, -0.15) is 23.6 Å². The number of nitriles is 1. The van der Waals surface area contributed by atoms with E-state index >= 15 is 0 Å². The number of hydrogen-bond acceptors (Lipinski definition) is 6. The van der Waals surface area contributed by atoms with Crippen molar-refractivity contribution in [1.82, 2.24) is 20.6 Å². The Morgan fingerprint density at radius 1 is 1.39 bits per heavy atom. The standard InChI is InChI=1S/C13H12F3N7/c1-23(2)11-4-3-9(13(14,15)16)5-10(11)18-7-8(6-17)12-19-21-22-20-12/h3-5,7,18H,1-2H3,(H,19,20,21,22). The van der Waals surface area contributed by atoms with E-state index in [0.29, 0.717) is 5.69 Å². The lowest BCUT2D eigenvalue weighted by Crippen LogP contribution is -2.13. The van der Waals surface area contributed by atoms with Crippen LogP contribution in [0, 0.1) is 11.3 Å². The first kappa shape index (κ1) is 16.3. The highest BCUT2D eigenvalue weighted by Gasteiger charge is 2.31. The molecule has 0 aliphatic rings. The van der Waals surface area contributed by atoms with Crippen molar-refractivity contribution in [3.63, 3.8) is 0 Å². The summed E-state index contributed by atoms with van der Waals surface area (Å²) in [6.07, 6.45) is -3.23. The molecule has 7 nitrogen and oxygen atoms in total. The number of H-pyrrole nitrogens is 1. The summed E-state index contributed by atoms with van der Waals surface area (Å²) < 4.78 is 38.5. The maximum atomic E-state index is 12.8. The number of nitrogens with zero attached hydrogens (tertiary/aromatic N) is 5. The highest BCUT2D eigenvalue weighted by Crippen LogP contribution is 2.35. The lowest BCUT2D eigenvalue weighted by molar-refractivity contribution is -0.137. The van der Waals surface area contributed by atoms with Crippen molar-refractivity contribution in [2.24, 2.45) is 0 Å². The van der Waals surface area contributed by atoms with Crippen molar-refractivity contribution in [3.05, 3.63) is 35.8 Å². The summed E-state index contributed by atoms with van der Waals surface area (Å²) in [5, 5.41) is 24.6. The lowest BCUT2D eigenvalue weighted by Gasteiger charge is -2.19. The van der Waals surface area contributed by atoms with E-state index in [2.05, 4.69) is 25.9 Å². The number of tetrazole rings is 1. The molecule has 0 saturated heterocycles. The fraction of sp³-hybridized carbons (Fsp3) is 0.231. The van der Waals surface area contributed by atoms with Crippen LogP contribution in [0.5, 0.6) is 0 Å². The fourth-order valence-electron chi connectivity index (χ4n) is 1.79. The number of hydrogen-bond donors (Lipinski definition) is 2. The number of benzene rings is 1. The Labute approximate surface area is 129 Å². The van der Waals surface area contributed by atoms with E-state index < -0.39 is 11.7 Å². The second kappa shape index (κ2) is 6.35. The minimum atomic E-state index is -4.46. The molecule has 2 N–H and O–H groups in total. The van der Waals surface area contributed by atoms with Crippen LogP contribution in [0.3, 0.4) is 0 Å². The molecule has 0 fully saturated rings. The van der Waals surface area contributed by atoms with Crippen LogP contribution in [0.15, 0.2) is 24.4 Å². The van der Waals surface area contributed by atoms with E-state index in [1.807, 2.05) is 6.07 Å². The molecule has 2 aromatic rings. The van der Waals surface area contributed by atoms with Gasteiger partial charge in [-0.05, 0) is 23.4 Å². The van der Waals surface area contributed by atoms with Gasteiger partial charge >= 0.3 is 6.18 Å². The molecule has 0 spiro atoms. The van der Waals surface area contributed by atoms with Crippen molar-refractivity contribution in [1.29, 1.82) is 5.26 Å². The Balaban J connectivity index is 2.39. The van der Waals surface area contributed by atoms with Crippen LogP contribution in [0.2, 0.25) is 0 Å². The highest BCUT2D eigenvalue weighted by atomic mass is 19.4. The maximum absolute atomic E-state index is 12.8. The number of allylic oxidation sites excluding steroid dienone is 1. The van der Waals surface area contributed by atoms with Crippen molar-refractivity contribution >= 4 is 16.9 Å². The predicted octanol–water partition coefficient (Wildman–Crippen LogP) is 2.26. The Morgan fingerprint density at radius 3 is 2.65 bits per heavy atom. The molecule has 2 rings (SSSR count). The summed E-state index contributed by atoms with van der Waals surface area (Å²) in [5.74, 6) is 0.0402. The summed E-state index contributed by atoms with van der Waals surface area (Å²) in [5.41, 5.74) is -0.0429. The van der Waals surface area contributed by atoms with Crippen LogP contribution in [0.4, 0.5) is 24.5 Å². The number of anilines is 2. The van der Waals surface area contributed by atoms with Gasteiger partial charge in [0.15, 0.2) is 0 Å². The summed E-state index contributed by atoms with van der Waals surface area (Å²) >= 11 is 0. The van der Waals surface area contributed by atoms with E-state index in [0.717, 1.165) is 12.1 Å². The molecule has 10 heteroatoms. The largest absolute Gasteiger partial charge is 0.416 e. The van der Waals surface area contributed by atoms with Gasteiger partial charge in [0.2, 0.25) is 5.82 Å². The smallest absolute Gasteiger partial charge is 0.376 e. The van der Waals surface area contributed by atoms with Gasteiger partial charge in [0, 0.05) is 20.3 Å². The number of rotatable bonds is 4. The Kier molecular flexibility index (Phi) is 4.49. The Morgan fingerprint density at radius 2 is 2.13 bits per heavy atom. The minimum Gasteiger partial charge on any atom is -0.376 e. The van der Waals surface area contributed by atoms with Crippen LogP contribution < -0.4 is 10.2 Å². The summed E-state index contributed by atoms with van der Waals surface area (Å²) in [7, 11) is 3.39.